The second-order valence-corrected chi connectivity index (χ2v) is 6.23. The molecule has 0 aliphatic carbocycles. The van der Waals surface area contributed by atoms with Gasteiger partial charge in [0, 0.05) is 12.6 Å². The zero-order chi connectivity index (χ0) is 16.5. The van der Waals surface area contributed by atoms with E-state index in [1.165, 1.54) is 50.9 Å². The minimum Gasteiger partial charge on any atom is -0.352 e. The van der Waals surface area contributed by atoms with E-state index in [1.807, 2.05) is 6.92 Å². The van der Waals surface area contributed by atoms with E-state index < -0.39 is 0 Å². The maximum absolute atomic E-state index is 12.9. The fourth-order valence-electron chi connectivity index (χ4n) is 2.92. The van der Waals surface area contributed by atoms with Crippen molar-refractivity contribution >= 4 is 11.5 Å². The van der Waals surface area contributed by atoms with Crippen LogP contribution in [0.4, 0.5) is 4.39 Å². The van der Waals surface area contributed by atoms with E-state index >= 15 is 0 Å². The summed E-state index contributed by atoms with van der Waals surface area (Å²) in [6.07, 6.45) is 7.85. The van der Waals surface area contributed by atoms with Gasteiger partial charge in [-0.15, -0.1) is 0 Å². The van der Waals surface area contributed by atoms with Crippen molar-refractivity contribution in [3.63, 3.8) is 0 Å². The first-order valence-electron chi connectivity index (χ1n) is 8.59. The smallest absolute Gasteiger partial charge is 0.244 e. The third kappa shape index (κ3) is 6.53. The lowest BCUT2D eigenvalue weighted by atomic mass is 10.1. The Bertz CT molecular complexity index is 517. The van der Waals surface area contributed by atoms with Gasteiger partial charge in [-0.05, 0) is 69.1 Å². The molecule has 0 saturated carbocycles. The summed E-state index contributed by atoms with van der Waals surface area (Å²) in [6.45, 7) is 6.00. The molecular formula is C19H27FN2O. The minimum absolute atomic E-state index is 0.0808. The molecule has 126 valence electrons. The van der Waals surface area contributed by atoms with Gasteiger partial charge in [0.2, 0.25) is 5.91 Å². The number of amides is 1. The molecular weight excluding hydrogens is 291 g/mol. The van der Waals surface area contributed by atoms with Gasteiger partial charge in [-0.25, -0.2) is 4.39 Å². The fraction of sp³-hybridized carbons (Fsp3) is 0.526. The molecule has 1 aromatic carbocycles. The second kappa shape index (κ2) is 9.46. The first-order chi connectivity index (χ1) is 11.1. The third-order valence-electron chi connectivity index (χ3n) is 4.30. The highest BCUT2D eigenvalue weighted by Gasteiger charge is 2.08. The van der Waals surface area contributed by atoms with Crippen LogP contribution in [-0.4, -0.2) is 37.0 Å². The second-order valence-electron chi connectivity index (χ2n) is 6.23. The van der Waals surface area contributed by atoms with Gasteiger partial charge in [-0.1, -0.05) is 25.0 Å². The van der Waals surface area contributed by atoms with Crippen molar-refractivity contribution in [2.24, 2.45) is 0 Å². The van der Waals surface area contributed by atoms with Crippen LogP contribution in [0.15, 0.2) is 30.3 Å². The van der Waals surface area contributed by atoms with Crippen molar-refractivity contribution < 1.29 is 9.18 Å². The molecule has 2 rings (SSSR count). The van der Waals surface area contributed by atoms with Crippen molar-refractivity contribution in [2.45, 2.75) is 39.0 Å². The molecule has 0 unspecified atom stereocenters. The number of nitrogens with one attached hydrogen (secondary N) is 1. The van der Waals surface area contributed by atoms with Gasteiger partial charge in [-0.3, -0.25) is 4.79 Å². The summed E-state index contributed by atoms with van der Waals surface area (Å²) in [5.74, 6) is -0.345. The number of benzene rings is 1. The van der Waals surface area contributed by atoms with Gasteiger partial charge in [0.05, 0.1) is 0 Å². The molecule has 0 radical (unpaired) electrons. The van der Waals surface area contributed by atoms with Crippen molar-refractivity contribution in [3.05, 3.63) is 41.7 Å². The van der Waals surface area contributed by atoms with Gasteiger partial charge in [0.15, 0.2) is 0 Å². The van der Waals surface area contributed by atoms with E-state index in [0.717, 1.165) is 24.1 Å². The van der Waals surface area contributed by atoms with Crippen LogP contribution in [0.2, 0.25) is 0 Å². The van der Waals surface area contributed by atoms with Crippen molar-refractivity contribution in [2.75, 3.05) is 26.2 Å². The molecule has 1 amide bonds. The fourth-order valence-corrected chi connectivity index (χ4v) is 2.92. The zero-order valence-electron chi connectivity index (χ0n) is 14.0. The van der Waals surface area contributed by atoms with Crippen molar-refractivity contribution in [1.29, 1.82) is 0 Å². The standard InChI is InChI=1S/C19H27FN2O/c1-16(17-7-9-18(20)10-8-17)15-19(23)21-11-6-14-22-12-4-2-3-5-13-22/h7-10,15H,2-6,11-14H2,1H3,(H,21,23)/b16-15-. The van der Waals surface area contributed by atoms with E-state index in [9.17, 15) is 9.18 Å². The van der Waals surface area contributed by atoms with E-state index in [2.05, 4.69) is 10.2 Å². The first kappa shape index (κ1) is 17.7. The van der Waals surface area contributed by atoms with E-state index in [-0.39, 0.29) is 11.7 Å². The highest BCUT2D eigenvalue weighted by atomic mass is 19.1. The number of likely N-dealkylation sites (tertiary alicyclic amines) is 1. The van der Waals surface area contributed by atoms with Crippen LogP contribution in [0.5, 0.6) is 0 Å². The lowest BCUT2D eigenvalue weighted by Gasteiger charge is -2.19. The van der Waals surface area contributed by atoms with Gasteiger partial charge < -0.3 is 10.2 Å². The maximum atomic E-state index is 12.9. The summed E-state index contributed by atoms with van der Waals surface area (Å²) < 4.78 is 12.9. The molecule has 1 saturated heterocycles. The lowest BCUT2D eigenvalue weighted by molar-refractivity contribution is -0.116. The Morgan fingerprint density at radius 1 is 1.17 bits per heavy atom. The number of allylic oxidation sites excluding steroid dienone is 1. The average molecular weight is 318 g/mol. The van der Waals surface area contributed by atoms with Crippen LogP contribution in [0.3, 0.4) is 0 Å². The lowest BCUT2D eigenvalue weighted by Crippen LogP contribution is -2.30. The Balaban J connectivity index is 1.69. The Kier molecular flexibility index (Phi) is 7.27. The molecule has 0 bridgehead atoms. The molecule has 1 aliphatic rings. The number of rotatable bonds is 6. The molecule has 1 fully saturated rings. The molecule has 1 N–H and O–H groups in total. The summed E-state index contributed by atoms with van der Waals surface area (Å²) in [5.41, 5.74) is 1.71. The van der Waals surface area contributed by atoms with Crippen LogP contribution in [0.25, 0.3) is 5.57 Å². The van der Waals surface area contributed by atoms with Crippen molar-refractivity contribution in [3.8, 4) is 0 Å². The van der Waals surface area contributed by atoms with Gasteiger partial charge in [0.1, 0.15) is 5.82 Å². The molecule has 0 aromatic heterocycles. The van der Waals surface area contributed by atoms with Crippen LogP contribution in [0, 0.1) is 5.82 Å². The number of nitrogens with zero attached hydrogens (tertiary/aromatic N) is 1. The van der Waals surface area contributed by atoms with Gasteiger partial charge >= 0.3 is 0 Å². The Morgan fingerprint density at radius 3 is 2.48 bits per heavy atom. The van der Waals surface area contributed by atoms with Crippen LogP contribution >= 0.6 is 0 Å². The number of carbonyl (C=O) groups excluding carboxylic acids is 1. The Labute approximate surface area is 138 Å². The summed E-state index contributed by atoms with van der Waals surface area (Å²) in [4.78, 5) is 14.4. The van der Waals surface area contributed by atoms with Crippen molar-refractivity contribution in [1.82, 2.24) is 10.2 Å². The van der Waals surface area contributed by atoms with Gasteiger partial charge in [0.25, 0.3) is 0 Å². The van der Waals surface area contributed by atoms with E-state index in [1.54, 1.807) is 18.2 Å². The highest BCUT2D eigenvalue weighted by molar-refractivity contribution is 5.94. The third-order valence-corrected chi connectivity index (χ3v) is 4.30. The number of hydrogen-bond donors (Lipinski definition) is 1. The first-order valence-corrected chi connectivity index (χ1v) is 8.59. The normalized spacial score (nSPS) is 16.9. The van der Waals surface area contributed by atoms with Crippen LogP contribution < -0.4 is 5.32 Å². The number of carbonyl (C=O) groups is 1. The Morgan fingerprint density at radius 2 is 1.83 bits per heavy atom. The largest absolute Gasteiger partial charge is 0.352 e. The molecule has 0 atom stereocenters. The predicted octanol–water partition coefficient (Wildman–Crippen LogP) is 3.61. The van der Waals surface area contributed by atoms with Crippen LogP contribution in [0.1, 0.15) is 44.6 Å². The highest BCUT2D eigenvalue weighted by Crippen LogP contribution is 2.13. The summed E-state index contributed by atoms with van der Waals surface area (Å²) >= 11 is 0. The maximum Gasteiger partial charge on any atom is 0.244 e. The van der Waals surface area contributed by atoms with E-state index in [0.29, 0.717) is 6.54 Å². The monoisotopic (exact) mass is 318 g/mol. The van der Waals surface area contributed by atoms with Crippen LogP contribution in [-0.2, 0) is 4.79 Å². The molecule has 1 aromatic rings. The Hall–Kier alpha value is -1.68. The van der Waals surface area contributed by atoms with E-state index in [4.69, 9.17) is 0 Å². The predicted molar refractivity (Wildman–Crippen MR) is 92.6 cm³/mol. The number of halogens is 1. The molecule has 4 heteroatoms. The molecule has 3 nitrogen and oxygen atoms in total. The quantitative estimate of drug-likeness (QED) is 0.642. The van der Waals surface area contributed by atoms with Gasteiger partial charge in [-0.2, -0.15) is 0 Å². The topological polar surface area (TPSA) is 32.3 Å². The molecule has 23 heavy (non-hydrogen) atoms. The summed E-state index contributed by atoms with van der Waals surface area (Å²) in [6, 6.07) is 6.19. The molecule has 1 aliphatic heterocycles. The molecule has 1 heterocycles. The SMILES string of the molecule is C/C(=C/C(=O)NCCCN1CCCCCC1)c1ccc(F)cc1. The zero-order valence-corrected chi connectivity index (χ0v) is 14.0. The average Bonchev–Trinajstić information content (AvgIpc) is 2.81. The molecule has 0 spiro atoms. The summed E-state index contributed by atoms with van der Waals surface area (Å²) in [5, 5.41) is 2.93. The number of hydrogen-bond acceptors (Lipinski definition) is 2. The minimum atomic E-state index is -0.264. The summed E-state index contributed by atoms with van der Waals surface area (Å²) in [7, 11) is 0.